The van der Waals surface area contributed by atoms with Gasteiger partial charge in [-0.25, -0.2) is 0 Å². The lowest BCUT2D eigenvalue weighted by molar-refractivity contribution is -0.302. The van der Waals surface area contributed by atoms with Crippen LogP contribution in [0.15, 0.2) is 85.1 Å². The molecule has 9 nitrogen and oxygen atoms in total. The van der Waals surface area contributed by atoms with Crippen LogP contribution in [0.2, 0.25) is 0 Å². The third-order valence-electron chi connectivity index (χ3n) is 13.7. The quantitative estimate of drug-likeness (QED) is 0.0261. The number of carbonyl (C=O) groups is 1. The molecule has 1 saturated heterocycles. The summed E-state index contributed by atoms with van der Waals surface area (Å²) < 4.78 is 11.3. The Morgan fingerprint density at radius 1 is 0.486 bits per heavy atom. The number of carbonyl (C=O) groups excluding carboxylic acids is 1. The Morgan fingerprint density at radius 2 is 0.875 bits per heavy atom. The maximum atomic E-state index is 13.1. The highest BCUT2D eigenvalue weighted by atomic mass is 16.7. The van der Waals surface area contributed by atoms with Gasteiger partial charge in [-0.15, -0.1) is 0 Å². The molecular formula is C63H111NO8. The molecule has 0 saturated carbocycles. The molecule has 0 bridgehead atoms. The third-order valence-corrected chi connectivity index (χ3v) is 13.7. The van der Waals surface area contributed by atoms with Gasteiger partial charge in [0.05, 0.1) is 25.4 Å². The van der Waals surface area contributed by atoms with E-state index in [4.69, 9.17) is 9.47 Å². The van der Waals surface area contributed by atoms with E-state index in [-0.39, 0.29) is 12.5 Å². The van der Waals surface area contributed by atoms with Gasteiger partial charge in [-0.05, 0) is 83.5 Å². The summed E-state index contributed by atoms with van der Waals surface area (Å²) in [6.45, 7) is 3.66. The van der Waals surface area contributed by atoms with Crippen molar-refractivity contribution in [2.24, 2.45) is 0 Å². The Morgan fingerprint density at radius 3 is 1.33 bits per heavy atom. The molecule has 7 unspecified atom stereocenters. The largest absolute Gasteiger partial charge is 0.394 e. The average Bonchev–Trinajstić information content (AvgIpc) is 3.38. The van der Waals surface area contributed by atoms with E-state index < -0.39 is 49.5 Å². The molecule has 1 aliphatic rings. The first-order chi connectivity index (χ1) is 35.3. The van der Waals surface area contributed by atoms with Crippen molar-refractivity contribution in [3.8, 4) is 0 Å². The van der Waals surface area contributed by atoms with Crippen LogP contribution in [0.4, 0.5) is 0 Å². The number of ether oxygens (including phenoxy) is 2. The van der Waals surface area contributed by atoms with E-state index in [0.717, 1.165) is 70.6 Å². The lowest BCUT2D eigenvalue weighted by atomic mass is 9.99. The molecule has 0 radical (unpaired) electrons. The maximum Gasteiger partial charge on any atom is 0.220 e. The molecule has 0 aliphatic carbocycles. The van der Waals surface area contributed by atoms with Crippen molar-refractivity contribution in [1.82, 2.24) is 5.32 Å². The Kier molecular flexibility index (Phi) is 48.5. The van der Waals surface area contributed by atoms with Crippen molar-refractivity contribution in [3.05, 3.63) is 85.1 Å². The number of aliphatic hydroxyl groups excluding tert-OH is 5. The van der Waals surface area contributed by atoms with Crippen LogP contribution in [0.3, 0.4) is 0 Å². The molecule has 7 atom stereocenters. The second-order valence-corrected chi connectivity index (χ2v) is 20.4. The second-order valence-electron chi connectivity index (χ2n) is 20.4. The topological polar surface area (TPSA) is 149 Å². The Hall–Kier alpha value is -2.63. The molecule has 9 heteroatoms. The summed E-state index contributed by atoms with van der Waals surface area (Å²) >= 11 is 0. The zero-order chi connectivity index (χ0) is 52.2. The van der Waals surface area contributed by atoms with Gasteiger partial charge in [-0.1, -0.05) is 247 Å². The monoisotopic (exact) mass is 1010 g/mol. The van der Waals surface area contributed by atoms with Gasteiger partial charge < -0.3 is 40.3 Å². The highest BCUT2D eigenvalue weighted by molar-refractivity contribution is 5.76. The van der Waals surface area contributed by atoms with Crippen molar-refractivity contribution >= 4 is 5.91 Å². The molecule has 1 amide bonds. The Bertz CT molecular complexity index is 1400. The number of hydrogen-bond acceptors (Lipinski definition) is 8. The smallest absolute Gasteiger partial charge is 0.220 e. The summed E-state index contributed by atoms with van der Waals surface area (Å²) in [5, 5.41) is 54.5. The van der Waals surface area contributed by atoms with Gasteiger partial charge in [0.15, 0.2) is 6.29 Å². The fourth-order valence-electron chi connectivity index (χ4n) is 9.00. The predicted octanol–water partition coefficient (Wildman–Crippen LogP) is 15.0. The summed E-state index contributed by atoms with van der Waals surface area (Å²) in [6, 6.07) is -0.833. The van der Waals surface area contributed by atoms with E-state index in [0.29, 0.717) is 6.42 Å². The first kappa shape index (κ1) is 67.4. The molecule has 0 aromatic heterocycles. The second kappa shape index (κ2) is 51.8. The minimum atomic E-state index is -1.58. The van der Waals surface area contributed by atoms with Gasteiger partial charge in [0.1, 0.15) is 24.4 Å². The minimum absolute atomic E-state index is 0.193. The van der Waals surface area contributed by atoms with E-state index in [9.17, 15) is 30.3 Å². The fraction of sp³-hybridized carbons (Fsp3) is 0.762. The van der Waals surface area contributed by atoms with Crippen LogP contribution in [0.5, 0.6) is 0 Å². The molecule has 1 rings (SSSR count). The SMILES string of the molecule is CC/C=C\C/C=C\C/C=C\C/C=C\CCCCCCCCCCCCCCCCC(=O)NC(COC1OC(CO)C(O)C(O)C1O)C(O)/C=C/CC/C=C/CC/C=C/CCCCCCCCCCCCCC. The Labute approximate surface area is 441 Å². The summed E-state index contributed by atoms with van der Waals surface area (Å²) in [5.74, 6) is -0.193. The van der Waals surface area contributed by atoms with Crippen LogP contribution in [0.1, 0.15) is 251 Å². The van der Waals surface area contributed by atoms with E-state index in [1.54, 1.807) is 6.08 Å². The lowest BCUT2D eigenvalue weighted by Crippen LogP contribution is -2.60. The maximum absolute atomic E-state index is 13.1. The van der Waals surface area contributed by atoms with Crippen molar-refractivity contribution in [1.29, 1.82) is 0 Å². The van der Waals surface area contributed by atoms with Gasteiger partial charge in [0.2, 0.25) is 5.91 Å². The van der Waals surface area contributed by atoms with Gasteiger partial charge in [0, 0.05) is 6.42 Å². The van der Waals surface area contributed by atoms with Gasteiger partial charge in [0.25, 0.3) is 0 Å². The van der Waals surface area contributed by atoms with Crippen LogP contribution in [-0.2, 0) is 14.3 Å². The number of rotatable bonds is 50. The number of aliphatic hydroxyl groups is 5. The molecular weight excluding hydrogens is 899 g/mol. The standard InChI is InChI=1S/C63H111NO8/c1-3-5-7-9-11-13-15-17-19-21-23-25-27-28-29-30-31-33-35-37-39-41-43-45-47-49-51-53-59(67)64-56(55-71-63-62(70)61(69)60(68)58(54-65)72-63)57(66)52-50-48-46-44-42-40-38-36-34-32-26-24-22-20-18-16-14-12-10-8-6-4-2/h5,7,11,13,17,19,23,25,34,36,42,44,50,52,56-58,60-63,65-66,68-70H,3-4,6,8-10,12,14-16,18,20-22,24,26-33,35,37-41,43,45-49,51,53-55H2,1-2H3,(H,64,67)/b7-5-,13-11-,19-17-,25-23-,36-34+,44-42+,52-50+. The van der Waals surface area contributed by atoms with Crippen LogP contribution in [0, 0.1) is 0 Å². The highest BCUT2D eigenvalue weighted by Crippen LogP contribution is 2.23. The van der Waals surface area contributed by atoms with Crippen LogP contribution in [0.25, 0.3) is 0 Å². The summed E-state index contributed by atoms with van der Waals surface area (Å²) in [5.41, 5.74) is 0. The first-order valence-electron chi connectivity index (χ1n) is 29.8. The summed E-state index contributed by atoms with van der Waals surface area (Å²) in [6.07, 6.45) is 66.5. The molecule has 0 aromatic rings. The molecule has 1 heterocycles. The molecule has 0 spiro atoms. The van der Waals surface area contributed by atoms with E-state index in [1.165, 1.54) is 161 Å². The zero-order valence-electron chi connectivity index (χ0n) is 46.2. The lowest BCUT2D eigenvalue weighted by Gasteiger charge is -2.40. The summed E-state index contributed by atoms with van der Waals surface area (Å²) in [7, 11) is 0. The number of allylic oxidation sites excluding steroid dienone is 13. The van der Waals surface area contributed by atoms with Crippen LogP contribution >= 0.6 is 0 Å². The van der Waals surface area contributed by atoms with Crippen molar-refractivity contribution in [3.63, 3.8) is 0 Å². The zero-order valence-corrected chi connectivity index (χ0v) is 46.2. The first-order valence-corrected chi connectivity index (χ1v) is 29.8. The molecule has 416 valence electrons. The molecule has 72 heavy (non-hydrogen) atoms. The normalized spacial score (nSPS) is 19.8. The Balaban J connectivity index is 2.24. The van der Waals surface area contributed by atoms with E-state index in [2.05, 4.69) is 92.1 Å². The predicted molar refractivity (Wildman–Crippen MR) is 304 cm³/mol. The molecule has 0 aromatic carbocycles. The minimum Gasteiger partial charge on any atom is -0.394 e. The van der Waals surface area contributed by atoms with Crippen LogP contribution < -0.4 is 5.32 Å². The van der Waals surface area contributed by atoms with Crippen molar-refractivity contribution in [2.75, 3.05) is 13.2 Å². The highest BCUT2D eigenvalue weighted by Gasteiger charge is 2.44. The number of unbranched alkanes of at least 4 members (excludes halogenated alkanes) is 28. The number of amides is 1. The molecule has 1 aliphatic heterocycles. The number of nitrogens with one attached hydrogen (secondary N) is 1. The van der Waals surface area contributed by atoms with Gasteiger partial charge in [-0.2, -0.15) is 0 Å². The van der Waals surface area contributed by atoms with Crippen molar-refractivity contribution in [2.45, 2.75) is 294 Å². The van der Waals surface area contributed by atoms with Crippen molar-refractivity contribution < 1.29 is 39.8 Å². The van der Waals surface area contributed by atoms with Crippen LogP contribution in [-0.4, -0.2) is 87.5 Å². The van der Waals surface area contributed by atoms with E-state index >= 15 is 0 Å². The average molecular weight is 1010 g/mol. The van der Waals surface area contributed by atoms with Gasteiger partial charge >= 0.3 is 0 Å². The molecule has 1 fully saturated rings. The molecule has 6 N–H and O–H groups in total. The third kappa shape index (κ3) is 40.7. The number of hydrogen-bond donors (Lipinski definition) is 6. The summed E-state index contributed by atoms with van der Waals surface area (Å²) in [4.78, 5) is 13.1. The fourth-order valence-corrected chi connectivity index (χ4v) is 9.00. The van der Waals surface area contributed by atoms with E-state index in [1.807, 2.05) is 6.08 Å². The van der Waals surface area contributed by atoms with Gasteiger partial charge in [-0.3, -0.25) is 4.79 Å².